The highest BCUT2D eigenvalue weighted by molar-refractivity contribution is 5.78. The Labute approximate surface area is 167 Å². The molecular weight excluding hydrogens is 354 g/mol. The summed E-state index contributed by atoms with van der Waals surface area (Å²) in [4.78, 5) is 17.2. The van der Waals surface area contributed by atoms with Gasteiger partial charge in [0, 0.05) is 31.8 Å². The lowest BCUT2D eigenvalue weighted by Gasteiger charge is -2.26. The second kappa shape index (κ2) is 9.13. The lowest BCUT2D eigenvalue weighted by Crippen LogP contribution is -2.37. The lowest BCUT2D eigenvalue weighted by atomic mass is 9.94. The standard InChI is InChI=1S/C22H31N3O3/c1-5-20-23-9-10-25(20)14-16(4)22(26)24-21(15(2)3)17-7-8-18-19(13-17)28-12-6-11-27-18/h7-10,13,15-16,21H,5-6,11-12,14H2,1-4H3,(H,24,26)/t16-,21-/m0/s1. The molecule has 2 heterocycles. The number of carbonyl (C=O) groups is 1. The van der Waals surface area contributed by atoms with Crippen LogP contribution >= 0.6 is 0 Å². The minimum absolute atomic E-state index is 0.0431. The van der Waals surface area contributed by atoms with E-state index >= 15 is 0 Å². The third kappa shape index (κ3) is 4.66. The van der Waals surface area contributed by atoms with Gasteiger partial charge in [-0.25, -0.2) is 4.98 Å². The van der Waals surface area contributed by atoms with Gasteiger partial charge in [-0.05, 0) is 23.6 Å². The molecule has 2 aromatic rings. The molecule has 2 atom stereocenters. The van der Waals surface area contributed by atoms with Crippen LogP contribution in [0.4, 0.5) is 0 Å². The van der Waals surface area contributed by atoms with Gasteiger partial charge < -0.3 is 19.4 Å². The van der Waals surface area contributed by atoms with Crippen LogP contribution in [0, 0.1) is 11.8 Å². The lowest BCUT2D eigenvalue weighted by molar-refractivity contribution is -0.126. The van der Waals surface area contributed by atoms with Gasteiger partial charge in [0.25, 0.3) is 0 Å². The molecule has 152 valence electrons. The SMILES string of the molecule is CCc1nccn1C[C@H](C)C(=O)N[C@H](c1ccc2c(c1)OCCCO2)C(C)C. The van der Waals surface area contributed by atoms with Gasteiger partial charge in [0.2, 0.25) is 5.91 Å². The number of nitrogens with one attached hydrogen (secondary N) is 1. The van der Waals surface area contributed by atoms with Crippen molar-refractivity contribution in [2.45, 2.75) is 53.1 Å². The quantitative estimate of drug-likeness (QED) is 0.788. The number of nitrogens with zero attached hydrogens (tertiary/aromatic N) is 2. The largest absolute Gasteiger partial charge is 0.490 e. The molecule has 0 radical (unpaired) electrons. The number of fused-ring (bicyclic) bond motifs is 1. The fraction of sp³-hybridized carbons (Fsp3) is 0.545. The predicted octanol–water partition coefficient (Wildman–Crippen LogP) is 3.76. The van der Waals surface area contributed by atoms with Gasteiger partial charge in [0.05, 0.1) is 25.2 Å². The van der Waals surface area contributed by atoms with Crippen LogP contribution in [0.1, 0.15) is 51.5 Å². The molecule has 0 unspecified atom stereocenters. The Morgan fingerprint density at radius 2 is 1.96 bits per heavy atom. The summed E-state index contributed by atoms with van der Waals surface area (Å²) in [6.07, 6.45) is 5.46. The molecule has 0 saturated carbocycles. The van der Waals surface area contributed by atoms with Crippen molar-refractivity contribution in [1.82, 2.24) is 14.9 Å². The van der Waals surface area contributed by atoms with Crippen LogP contribution in [0.5, 0.6) is 11.5 Å². The molecule has 6 heteroatoms. The normalized spacial score (nSPS) is 15.8. The number of hydrogen-bond acceptors (Lipinski definition) is 4. The summed E-state index contributed by atoms with van der Waals surface area (Å²) in [5.41, 5.74) is 1.04. The second-order valence-corrected chi connectivity index (χ2v) is 7.74. The Kier molecular flexibility index (Phi) is 6.60. The van der Waals surface area contributed by atoms with Crippen molar-refractivity contribution in [1.29, 1.82) is 0 Å². The van der Waals surface area contributed by atoms with E-state index in [-0.39, 0.29) is 23.8 Å². The maximum Gasteiger partial charge on any atom is 0.225 e. The average molecular weight is 386 g/mol. The van der Waals surface area contributed by atoms with Crippen LogP contribution in [0.15, 0.2) is 30.6 Å². The predicted molar refractivity (Wildman–Crippen MR) is 109 cm³/mol. The maximum absolute atomic E-state index is 12.9. The molecule has 0 bridgehead atoms. The number of amides is 1. The first-order chi connectivity index (χ1) is 13.5. The van der Waals surface area contributed by atoms with Crippen LogP contribution in [0.2, 0.25) is 0 Å². The third-order valence-electron chi connectivity index (χ3n) is 5.13. The molecule has 1 N–H and O–H groups in total. The third-order valence-corrected chi connectivity index (χ3v) is 5.13. The molecule has 0 spiro atoms. The highest BCUT2D eigenvalue weighted by Crippen LogP contribution is 2.34. The zero-order chi connectivity index (χ0) is 20.1. The van der Waals surface area contributed by atoms with Crippen molar-refractivity contribution in [2.24, 2.45) is 11.8 Å². The Morgan fingerprint density at radius 3 is 2.68 bits per heavy atom. The average Bonchev–Trinajstić information content (AvgIpc) is 2.99. The first-order valence-electron chi connectivity index (χ1n) is 10.2. The van der Waals surface area contributed by atoms with E-state index in [1.165, 1.54) is 0 Å². The van der Waals surface area contributed by atoms with Crippen molar-refractivity contribution in [3.05, 3.63) is 42.0 Å². The Bertz CT molecular complexity index is 800. The first kappa shape index (κ1) is 20.2. The van der Waals surface area contributed by atoms with Crippen molar-refractivity contribution < 1.29 is 14.3 Å². The number of benzene rings is 1. The van der Waals surface area contributed by atoms with Gasteiger partial charge >= 0.3 is 0 Å². The van der Waals surface area contributed by atoms with Crippen LogP contribution in [-0.2, 0) is 17.8 Å². The first-order valence-corrected chi connectivity index (χ1v) is 10.2. The van der Waals surface area contributed by atoms with E-state index in [9.17, 15) is 4.79 Å². The molecule has 0 saturated heterocycles. The van der Waals surface area contributed by atoms with Gasteiger partial charge in [0.1, 0.15) is 5.82 Å². The van der Waals surface area contributed by atoms with Gasteiger partial charge in [0.15, 0.2) is 11.5 Å². The van der Waals surface area contributed by atoms with E-state index in [1.807, 2.05) is 31.3 Å². The van der Waals surface area contributed by atoms with Crippen LogP contribution < -0.4 is 14.8 Å². The smallest absolute Gasteiger partial charge is 0.225 e. The van der Waals surface area contributed by atoms with Crippen molar-refractivity contribution >= 4 is 5.91 Å². The molecule has 0 fully saturated rings. The van der Waals surface area contributed by atoms with Gasteiger partial charge in [-0.15, -0.1) is 0 Å². The minimum atomic E-state index is -0.152. The molecular formula is C22H31N3O3. The molecule has 0 aliphatic carbocycles. The number of aromatic nitrogens is 2. The Hall–Kier alpha value is -2.50. The van der Waals surface area contributed by atoms with Crippen molar-refractivity contribution in [3.63, 3.8) is 0 Å². The second-order valence-electron chi connectivity index (χ2n) is 7.74. The van der Waals surface area contributed by atoms with E-state index in [2.05, 4.69) is 35.6 Å². The summed E-state index contributed by atoms with van der Waals surface area (Å²) < 4.78 is 13.6. The van der Waals surface area contributed by atoms with Gasteiger partial charge in [-0.2, -0.15) is 0 Å². The molecule has 6 nitrogen and oxygen atoms in total. The molecule has 1 aromatic carbocycles. The molecule has 1 aromatic heterocycles. The molecule has 3 rings (SSSR count). The number of aryl methyl sites for hydroxylation is 1. The fourth-order valence-electron chi connectivity index (χ4n) is 3.50. The number of imidazole rings is 1. The summed E-state index contributed by atoms with van der Waals surface area (Å²) >= 11 is 0. The van der Waals surface area contributed by atoms with Gasteiger partial charge in [-0.3, -0.25) is 4.79 Å². The van der Waals surface area contributed by atoms with E-state index in [1.54, 1.807) is 6.20 Å². The number of hydrogen-bond donors (Lipinski definition) is 1. The topological polar surface area (TPSA) is 65.4 Å². The van der Waals surface area contributed by atoms with Crippen molar-refractivity contribution in [3.8, 4) is 11.5 Å². The van der Waals surface area contributed by atoms with Crippen molar-refractivity contribution in [2.75, 3.05) is 13.2 Å². The van der Waals surface area contributed by atoms with E-state index < -0.39 is 0 Å². The molecule has 28 heavy (non-hydrogen) atoms. The molecule has 1 amide bonds. The number of rotatable bonds is 7. The Balaban J connectivity index is 1.72. The summed E-state index contributed by atoms with van der Waals surface area (Å²) in [6.45, 7) is 10.2. The summed E-state index contributed by atoms with van der Waals surface area (Å²) in [5, 5.41) is 3.24. The van der Waals surface area contributed by atoms with Crippen LogP contribution in [-0.4, -0.2) is 28.7 Å². The maximum atomic E-state index is 12.9. The molecule has 1 aliphatic heterocycles. The minimum Gasteiger partial charge on any atom is -0.490 e. The van der Waals surface area contributed by atoms with E-state index in [0.717, 1.165) is 35.7 Å². The van der Waals surface area contributed by atoms with E-state index in [0.29, 0.717) is 19.8 Å². The fourth-order valence-corrected chi connectivity index (χ4v) is 3.50. The summed E-state index contributed by atoms with van der Waals surface area (Å²) in [6, 6.07) is 5.88. The van der Waals surface area contributed by atoms with E-state index in [4.69, 9.17) is 9.47 Å². The number of ether oxygens (including phenoxy) is 2. The monoisotopic (exact) mass is 385 g/mol. The zero-order valence-corrected chi connectivity index (χ0v) is 17.3. The van der Waals surface area contributed by atoms with Crippen LogP contribution in [0.3, 0.4) is 0 Å². The number of carbonyl (C=O) groups excluding carboxylic acids is 1. The highest BCUT2D eigenvalue weighted by Gasteiger charge is 2.24. The Morgan fingerprint density at radius 1 is 1.21 bits per heavy atom. The summed E-state index contributed by atoms with van der Waals surface area (Å²) in [7, 11) is 0. The molecule has 1 aliphatic rings. The van der Waals surface area contributed by atoms with Crippen LogP contribution in [0.25, 0.3) is 0 Å². The van der Waals surface area contributed by atoms with Gasteiger partial charge in [-0.1, -0.05) is 33.8 Å². The highest BCUT2D eigenvalue weighted by atomic mass is 16.5. The zero-order valence-electron chi connectivity index (χ0n) is 17.3. The summed E-state index contributed by atoms with van der Waals surface area (Å²) in [5.74, 6) is 2.68.